The number of hydrogen-bond acceptors (Lipinski definition) is 2. The summed E-state index contributed by atoms with van der Waals surface area (Å²) in [7, 11) is 0. The van der Waals surface area contributed by atoms with Crippen molar-refractivity contribution in [2.45, 2.75) is 38.8 Å². The molecule has 0 radical (unpaired) electrons. The molecule has 0 bridgehead atoms. The Bertz CT molecular complexity index is 91.3. The summed E-state index contributed by atoms with van der Waals surface area (Å²) in [6, 6.07) is 1.37. The Hall–Kier alpha value is -0.0800. The second kappa shape index (κ2) is 3.94. The Labute approximate surface area is 63.4 Å². The van der Waals surface area contributed by atoms with E-state index in [9.17, 15) is 0 Å². The maximum atomic E-state index is 3.55. The average Bonchev–Trinajstić information content (AvgIpc) is 1.88. The molecule has 2 heteroatoms. The molecule has 0 aromatic rings. The molecule has 0 aromatic carbocycles. The smallest absolute Gasteiger partial charge is 0.0195 e. The molecule has 1 aliphatic heterocycles. The van der Waals surface area contributed by atoms with Gasteiger partial charge in [0.2, 0.25) is 0 Å². The van der Waals surface area contributed by atoms with Crippen molar-refractivity contribution in [1.29, 1.82) is 0 Å². The predicted octanol–water partition coefficient (Wildman–Crippen LogP) is 0.736. The molecule has 2 atom stereocenters. The lowest BCUT2D eigenvalue weighted by Gasteiger charge is -2.29. The first-order valence-corrected chi connectivity index (χ1v) is 4.29. The monoisotopic (exact) mass is 142 g/mol. The Kier molecular flexibility index (Phi) is 3.16. The van der Waals surface area contributed by atoms with Crippen LogP contribution in [0, 0.1) is 0 Å². The lowest BCUT2D eigenvalue weighted by Crippen LogP contribution is -2.53. The van der Waals surface area contributed by atoms with Gasteiger partial charge in [-0.05, 0) is 13.3 Å². The molecule has 60 valence electrons. The summed E-state index contributed by atoms with van der Waals surface area (Å²) in [5.74, 6) is 0. The highest BCUT2D eigenvalue weighted by Gasteiger charge is 2.15. The highest BCUT2D eigenvalue weighted by molar-refractivity contribution is 4.80. The van der Waals surface area contributed by atoms with Crippen molar-refractivity contribution < 1.29 is 0 Å². The molecule has 0 aliphatic carbocycles. The molecule has 1 saturated heterocycles. The summed E-state index contributed by atoms with van der Waals surface area (Å²) in [5.41, 5.74) is 0. The van der Waals surface area contributed by atoms with Gasteiger partial charge in [0.25, 0.3) is 0 Å². The third-order valence-electron chi connectivity index (χ3n) is 2.00. The van der Waals surface area contributed by atoms with Crippen molar-refractivity contribution in [1.82, 2.24) is 10.6 Å². The minimum Gasteiger partial charge on any atom is -0.314 e. The van der Waals surface area contributed by atoms with Crippen molar-refractivity contribution >= 4 is 0 Å². The molecule has 0 spiro atoms. The summed E-state index contributed by atoms with van der Waals surface area (Å²) in [4.78, 5) is 0. The highest BCUT2D eigenvalue weighted by atomic mass is 15.1. The van der Waals surface area contributed by atoms with E-state index < -0.39 is 0 Å². The Morgan fingerprint density at radius 2 is 2.20 bits per heavy atom. The summed E-state index contributed by atoms with van der Waals surface area (Å²) >= 11 is 0. The van der Waals surface area contributed by atoms with Crippen LogP contribution in [-0.4, -0.2) is 25.2 Å². The van der Waals surface area contributed by atoms with Crippen molar-refractivity contribution in [3.05, 3.63) is 0 Å². The van der Waals surface area contributed by atoms with Crippen molar-refractivity contribution in [3.63, 3.8) is 0 Å². The second-order valence-electron chi connectivity index (χ2n) is 3.21. The van der Waals surface area contributed by atoms with Crippen molar-refractivity contribution in [2.75, 3.05) is 13.1 Å². The second-order valence-corrected chi connectivity index (χ2v) is 3.21. The zero-order valence-corrected chi connectivity index (χ0v) is 6.98. The molecule has 1 aliphatic rings. The summed E-state index contributed by atoms with van der Waals surface area (Å²) in [6.45, 7) is 6.74. The molecule has 2 nitrogen and oxygen atoms in total. The van der Waals surface area contributed by atoms with E-state index in [1.54, 1.807) is 0 Å². The van der Waals surface area contributed by atoms with Gasteiger partial charge in [-0.3, -0.25) is 0 Å². The van der Waals surface area contributed by atoms with Gasteiger partial charge in [0.15, 0.2) is 0 Å². The van der Waals surface area contributed by atoms with E-state index in [4.69, 9.17) is 0 Å². The molecule has 1 fully saturated rings. The lowest BCUT2D eigenvalue weighted by atomic mass is 10.1. The molecule has 0 amide bonds. The molecular weight excluding hydrogens is 124 g/mol. The summed E-state index contributed by atoms with van der Waals surface area (Å²) in [5, 5.41) is 6.96. The Balaban J connectivity index is 2.18. The van der Waals surface area contributed by atoms with Crippen LogP contribution < -0.4 is 10.6 Å². The SMILES string of the molecule is CCC[C@H]1CNC[C@@H](C)N1. The number of rotatable bonds is 2. The number of hydrogen-bond donors (Lipinski definition) is 2. The first kappa shape index (κ1) is 8.02. The Morgan fingerprint density at radius 1 is 1.40 bits per heavy atom. The van der Waals surface area contributed by atoms with Gasteiger partial charge >= 0.3 is 0 Å². The van der Waals surface area contributed by atoms with Crippen LogP contribution in [0.15, 0.2) is 0 Å². The summed E-state index contributed by atoms with van der Waals surface area (Å²) < 4.78 is 0. The van der Waals surface area contributed by atoms with Crippen molar-refractivity contribution in [2.24, 2.45) is 0 Å². The van der Waals surface area contributed by atoms with E-state index in [2.05, 4.69) is 24.5 Å². The predicted molar refractivity (Wildman–Crippen MR) is 44.2 cm³/mol. The first-order valence-electron chi connectivity index (χ1n) is 4.29. The van der Waals surface area contributed by atoms with Gasteiger partial charge in [-0.1, -0.05) is 13.3 Å². The third kappa shape index (κ3) is 2.27. The Morgan fingerprint density at radius 3 is 2.80 bits per heavy atom. The van der Waals surface area contributed by atoms with Gasteiger partial charge in [0.1, 0.15) is 0 Å². The van der Waals surface area contributed by atoms with Crippen LogP contribution in [0.3, 0.4) is 0 Å². The van der Waals surface area contributed by atoms with Gasteiger partial charge in [0, 0.05) is 25.2 Å². The fraction of sp³-hybridized carbons (Fsp3) is 1.00. The molecule has 0 unspecified atom stereocenters. The minimum atomic E-state index is 0.658. The lowest BCUT2D eigenvalue weighted by molar-refractivity contribution is 0.338. The van der Waals surface area contributed by atoms with E-state index in [1.807, 2.05) is 0 Å². The molecule has 10 heavy (non-hydrogen) atoms. The normalized spacial score (nSPS) is 34.2. The van der Waals surface area contributed by atoms with Gasteiger partial charge in [0.05, 0.1) is 0 Å². The topological polar surface area (TPSA) is 24.1 Å². The molecule has 0 saturated carbocycles. The van der Waals surface area contributed by atoms with E-state index in [0.717, 1.165) is 13.1 Å². The molecule has 1 rings (SSSR count). The molecular formula is C8H18N2. The zero-order valence-electron chi connectivity index (χ0n) is 6.98. The number of nitrogens with one attached hydrogen (secondary N) is 2. The van der Waals surface area contributed by atoms with Crippen LogP contribution in [0.4, 0.5) is 0 Å². The molecule has 1 heterocycles. The van der Waals surface area contributed by atoms with Crippen LogP contribution >= 0.6 is 0 Å². The van der Waals surface area contributed by atoms with E-state index in [-0.39, 0.29) is 0 Å². The molecule has 2 N–H and O–H groups in total. The highest BCUT2D eigenvalue weighted by Crippen LogP contribution is 2.00. The number of piperazine rings is 1. The van der Waals surface area contributed by atoms with Gasteiger partial charge in [-0.2, -0.15) is 0 Å². The van der Waals surface area contributed by atoms with Gasteiger partial charge < -0.3 is 10.6 Å². The fourth-order valence-electron chi connectivity index (χ4n) is 1.53. The van der Waals surface area contributed by atoms with Crippen molar-refractivity contribution in [3.8, 4) is 0 Å². The zero-order chi connectivity index (χ0) is 7.40. The minimum absolute atomic E-state index is 0.658. The van der Waals surface area contributed by atoms with Crippen LogP contribution in [-0.2, 0) is 0 Å². The van der Waals surface area contributed by atoms with Crippen LogP contribution in [0.25, 0.3) is 0 Å². The maximum absolute atomic E-state index is 3.55. The third-order valence-corrected chi connectivity index (χ3v) is 2.00. The summed E-state index contributed by atoms with van der Waals surface area (Å²) in [6.07, 6.45) is 2.59. The van der Waals surface area contributed by atoms with Crippen LogP contribution in [0.1, 0.15) is 26.7 Å². The largest absolute Gasteiger partial charge is 0.314 e. The maximum Gasteiger partial charge on any atom is 0.0195 e. The quantitative estimate of drug-likeness (QED) is 0.594. The van der Waals surface area contributed by atoms with Crippen LogP contribution in [0.5, 0.6) is 0 Å². The van der Waals surface area contributed by atoms with Gasteiger partial charge in [-0.15, -0.1) is 0 Å². The van der Waals surface area contributed by atoms with E-state index in [1.165, 1.54) is 12.8 Å². The standard InChI is InChI=1S/C8H18N2/c1-3-4-8-6-9-5-7(2)10-8/h7-10H,3-6H2,1-2H3/t7-,8+/m1/s1. The van der Waals surface area contributed by atoms with E-state index >= 15 is 0 Å². The molecule has 0 aromatic heterocycles. The van der Waals surface area contributed by atoms with Crippen LogP contribution in [0.2, 0.25) is 0 Å². The first-order chi connectivity index (χ1) is 4.83. The van der Waals surface area contributed by atoms with E-state index in [0.29, 0.717) is 12.1 Å². The fourth-order valence-corrected chi connectivity index (χ4v) is 1.53. The average molecular weight is 142 g/mol. The van der Waals surface area contributed by atoms with Gasteiger partial charge in [-0.25, -0.2) is 0 Å².